The molecule has 8 rings (SSSR count). The van der Waals surface area contributed by atoms with E-state index in [1.807, 2.05) is 48.6 Å². The third-order valence-electron chi connectivity index (χ3n) is 8.56. The smallest absolute Gasteiger partial charge is 0.0463 e. The van der Waals surface area contributed by atoms with Crippen molar-refractivity contribution in [1.29, 1.82) is 0 Å². The van der Waals surface area contributed by atoms with E-state index in [2.05, 4.69) is 180 Å². The predicted octanol–water partition coefficient (Wildman–Crippen LogP) is 15.3. The van der Waals surface area contributed by atoms with Gasteiger partial charge in [0.2, 0.25) is 0 Å². The summed E-state index contributed by atoms with van der Waals surface area (Å²) in [5, 5.41) is 8.56. The molecule has 0 heterocycles. The fourth-order valence-electron chi connectivity index (χ4n) is 5.72. The maximum absolute atomic E-state index is 5.64. The van der Waals surface area contributed by atoms with E-state index in [0.29, 0.717) is 0 Å². The van der Waals surface area contributed by atoms with E-state index >= 15 is 0 Å². The lowest BCUT2D eigenvalue weighted by molar-refractivity contribution is 1.55. The van der Waals surface area contributed by atoms with Crippen molar-refractivity contribution in [2.45, 2.75) is 14.9 Å². The molecule has 0 spiro atoms. The van der Waals surface area contributed by atoms with E-state index in [-0.39, 0.29) is 14.9 Å². The number of hydrogen-bond donors (Lipinski definition) is 2. The molecule has 0 aliphatic carbocycles. The van der Waals surface area contributed by atoms with Crippen LogP contribution in [0.25, 0.3) is 56.0 Å². The first kappa shape index (κ1) is 39.6. The number of nitrogens with one attached hydrogen (secondary N) is 1. The Morgan fingerprint density at radius 3 is 1.32 bits per heavy atom. The van der Waals surface area contributed by atoms with Crippen LogP contribution in [0.3, 0.4) is 0 Å². The highest BCUT2D eigenvalue weighted by atomic mass is 79.9. The molecule has 0 aliphatic heterocycles. The SMILES string of the molecule is Brc1cccc2ccccc12.C.C.C=Cc1ccc(-c2ccc(N)cc2)cc1.C=Cc1ccc(-c2ccc(Nc3cccc4ccccc34)cc2)cc1. The minimum absolute atomic E-state index is 0. The van der Waals surface area contributed by atoms with Crippen LogP contribution in [-0.4, -0.2) is 0 Å². The predicted molar refractivity (Wildman–Crippen MR) is 241 cm³/mol. The van der Waals surface area contributed by atoms with Crippen LogP contribution in [-0.2, 0) is 0 Å². The van der Waals surface area contributed by atoms with E-state index in [4.69, 9.17) is 5.73 Å². The number of nitrogens with two attached hydrogens (primary N) is 1. The lowest BCUT2D eigenvalue weighted by Crippen LogP contribution is -1.91. The van der Waals surface area contributed by atoms with E-state index in [9.17, 15) is 0 Å². The monoisotopic (exact) mass is 754 g/mol. The van der Waals surface area contributed by atoms with Crippen LogP contribution >= 0.6 is 15.9 Å². The molecular formula is C50H47BrN2. The van der Waals surface area contributed by atoms with Crippen LogP contribution in [0.2, 0.25) is 0 Å². The molecule has 3 N–H and O–H groups in total. The van der Waals surface area contributed by atoms with E-state index in [1.165, 1.54) is 43.8 Å². The molecule has 0 bridgehead atoms. The number of fused-ring (bicyclic) bond motifs is 2. The second-order valence-electron chi connectivity index (χ2n) is 12.0. The maximum atomic E-state index is 5.64. The van der Waals surface area contributed by atoms with Crippen LogP contribution < -0.4 is 11.1 Å². The third kappa shape index (κ3) is 10.4. The zero-order valence-electron chi connectivity index (χ0n) is 28.3. The first-order valence-corrected chi connectivity index (χ1v) is 17.6. The molecular weight excluding hydrogens is 708 g/mol. The van der Waals surface area contributed by atoms with Gasteiger partial charge in [-0.05, 0) is 85.9 Å². The summed E-state index contributed by atoms with van der Waals surface area (Å²) >= 11 is 3.50. The zero-order valence-corrected chi connectivity index (χ0v) is 29.9. The Hall–Kier alpha value is -6.16. The highest BCUT2D eigenvalue weighted by Gasteiger charge is 2.03. The van der Waals surface area contributed by atoms with Crippen LogP contribution in [0.5, 0.6) is 0 Å². The molecule has 264 valence electrons. The fraction of sp³-hybridized carbons (Fsp3) is 0.0400. The summed E-state index contributed by atoms with van der Waals surface area (Å²) < 4.78 is 1.16. The number of hydrogen-bond acceptors (Lipinski definition) is 2. The average molecular weight is 756 g/mol. The molecule has 0 unspecified atom stereocenters. The Morgan fingerprint density at radius 1 is 0.434 bits per heavy atom. The summed E-state index contributed by atoms with van der Waals surface area (Å²) in [6, 6.07) is 62.4. The second kappa shape index (κ2) is 19.4. The molecule has 53 heavy (non-hydrogen) atoms. The number of rotatable bonds is 6. The van der Waals surface area contributed by atoms with Gasteiger partial charge in [-0.2, -0.15) is 0 Å². The minimum Gasteiger partial charge on any atom is -0.399 e. The van der Waals surface area contributed by atoms with Crippen molar-refractivity contribution >= 4 is 66.7 Å². The van der Waals surface area contributed by atoms with Gasteiger partial charge in [-0.25, -0.2) is 0 Å². The van der Waals surface area contributed by atoms with Crippen molar-refractivity contribution in [3.8, 4) is 22.3 Å². The molecule has 3 heteroatoms. The van der Waals surface area contributed by atoms with Gasteiger partial charge in [0.15, 0.2) is 0 Å². The van der Waals surface area contributed by atoms with Crippen molar-refractivity contribution in [3.63, 3.8) is 0 Å². The largest absolute Gasteiger partial charge is 0.399 e. The van der Waals surface area contributed by atoms with Gasteiger partial charge in [-0.15, -0.1) is 0 Å². The molecule has 0 atom stereocenters. The first-order valence-electron chi connectivity index (χ1n) is 16.8. The van der Waals surface area contributed by atoms with Crippen LogP contribution in [0.1, 0.15) is 26.0 Å². The highest BCUT2D eigenvalue weighted by molar-refractivity contribution is 9.10. The average Bonchev–Trinajstić information content (AvgIpc) is 3.19. The number of benzene rings is 8. The normalized spacial score (nSPS) is 9.91. The van der Waals surface area contributed by atoms with Crippen molar-refractivity contribution in [2.24, 2.45) is 0 Å². The number of halogens is 1. The number of anilines is 3. The third-order valence-corrected chi connectivity index (χ3v) is 9.25. The molecule has 0 radical (unpaired) electrons. The van der Waals surface area contributed by atoms with Gasteiger partial charge < -0.3 is 11.1 Å². The van der Waals surface area contributed by atoms with Crippen molar-refractivity contribution in [3.05, 3.63) is 211 Å². The summed E-state index contributed by atoms with van der Waals surface area (Å²) in [4.78, 5) is 0. The van der Waals surface area contributed by atoms with Gasteiger partial charge in [0, 0.05) is 26.9 Å². The topological polar surface area (TPSA) is 38.0 Å². The molecule has 0 amide bonds. The fourth-order valence-corrected chi connectivity index (χ4v) is 6.23. The summed E-state index contributed by atoms with van der Waals surface area (Å²) in [6.07, 6.45) is 3.70. The molecule has 8 aromatic rings. The molecule has 0 aliphatic rings. The molecule has 0 fully saturated rings. The Bertz CT molecular complexity index is 2350. The van der Waals surface area contributed by atoms with Gasteiger partial charge in [0.05, 0.1) is 0 Å². The first-order chi connectivity index (χ1) is 25.0. The van der Waals surface area contributed by atoms with Gasteiger partial charge in [0.1, 0.15) is 0 Å². The van der Waals surface area contributed by atoms with Gasteiger partial charge in [-0.3, -0.25) is 0 Å². The summed E-state index contributed by atoms with van der Waals surface area (Å²) in [6.45, 7) is 7.53. The zero-order chi connectivity index (χ0) is 35.4. The van der Waals surface area contributed by atoms with Crippen molar-refractivity contribution < 1.29 is 0 Å². The Morgan fingerprint density at radius 2 is 0.830 bits per heavy atom. The second-order valence-corrected chi connectivity index (χ2v) is 12.8. The van der Waals surface area contributed by atoms with Crippen LogP contribution in [0, 0.1) is 0 Å². The molecule has 8 aromatic carbocycles. The van der Waals surface area contributed by atoms with Crippen LogP contribution in [0.15, 0.2) is 200 Å². The molecule has 0 aromatic heterocycles. The van der Waals surface area contributed by atoms with E-state index < -0.39 is 0 Å². The molecule has 0 saturated carbocycles. The van der Waals surface area contributed by atoms with E-state index in [0.717, 1.165) is 32.7 Å². The van der Waals surface area contributed by atoms with E-state index in [1.54, 1.807) is 0 Å². The Kier molecular flexibility index (Phi) is 14.5. The molecule has 2 nitrogen and oxygen atoms in total. The lowest BCUT2D eigenvalue weighted by atomic mass is 10.0. The summed E-state index contributed by atoms with van der Waals surface area (Å²) in [5.41, 5.74) is 15.7. The van der Waals surface area contributed by atoms with Gasteiger partial charge in [0.25, 0.3) is 0 Å². The summed E-state index contributed by atoms with van der Waals surface area (Å²) in [5.74, 6) is 0. The summed E-state index contributed by atoms with van der Waals surface area (Å²) in [7, 11) is 0. The minimum atomic E-state index is 0. The quantitative estimate of drug-likeness (QED) is 0.166. The highest BCUT2D eigenvalue weighted by Crippen LogP contribution is 2.28. The standard InChI is InChI=1S/C24H19N.C14H13N.C10H7Br.2CH4/c1-2-18-10-12-19(13-11-18)20-14-16-22(17-15-20)25-24-9-5-7-21-6-3-4-8-23(21)24;1-2-11-3-5-12(6-4-11)13-7-9-14(15)10-8-13;11-10-7-3-5-8-4-1-2-6-9(8)10;;/h2-17,25H,1H2;2-10H,1,15H2;1-7H;2*1H4. The number of nitrogen functional groups attached to an aromatic ring is 1. The Balaban J connectivity index is 0.000000191. The van der Waals surface area contributed by atoms with Gasteiger partial charge >= 0.3 is 0 Å². The Labute approximate surface area is 324 Å². The molecule has 0 saturated heterocycles. The lowest BCUT2D eigenvalue weighted by Gasteiger charge is -2.11. The van der Waals surface area contributed by atoms with Crippen molar-refractivity contribution in [1.82, 2.24) is 0 Å². The van der Waals surface area contributed by atoms with Crippen molar-refractivity contribution in [2.75, 3.05) is 11.1 Å². The van der Waals surface area contributed by atoms with Crippen LogP contribution in [0.4, 0.5) is 17.1 Å². The van der Waals surface area contributed by atoms with Gasteiger partial charge in [-0.1, -0.05) is 202 Å². The maximum Gasteiger partial charge on any atom is 0.0463 e.